The third-order valence-electron chi connectivity index (χ3n) is 6.61. The zero-order chi connectivity index (χ0) is 24.5. The molecule has 2 heterocycles. The fourth-order valence-electron chi connectivity index (χ4n) is 4.57. The minimum Gasteiger partial charge on any atom is -0.369 e. The molecule has 2 aromatic carbocycles. The first-order valence-electron chi connectivity index (χ1n) is 12.5. The molecular formula is C28H35N5O2. The Labute approximate surface area is 207 Å². The molecule has 184 valence electrons. The minimum atomic E-state index is -0.129. The molecule has 7 nitrogen and oxygen atoms in total. The number of amides is 1. The molecule has 0 unspecified atom stereocenters. The number of carbonyl (C=O) groups excluding carboxylic acids is 1. The number of hydrogen-bond donors (Lipinski definition) is 1. The van der Waals surface area contributed by atoms with E-state index in [1.807, 2.05) is 36.4 Å². The average Bonchev–Trinajstić information content (AvgIpc) is 2.90. The van der Waals surface area contributed by atoms with Crippen molar-refractivity contribution in [1.29, 1.82) is 0 Å². The molecule has 7 heteroatoms. The van der Waals surface area contributed by atoms with Crippen molar-refractivity contribution in [2.75, 3.05) is 37.6 Å². The summed E-state index contributed by atoms with van der Waals surface area (Å²) in [5.41, 5.74) is 2.98. The number of nitrogens with zero attached hydrogens (tertiary/aromatic N) is 4. The second kappa shape index (κ2) is 12.3. The van der Waals surface area contributed by atoms with Gasteiger partial charge in [-0.25, -0.2) is 4.68 Å². The van der Waals surface area contributed by atoms with E-state index >= 15 is 0 Å². The highest BCUT2D eigenvalue weighted by molar-refractivity contribution is 5.79. The molecular weight excluding hydrogens is 438 g/mol. The van der Waals surface area contributed by atoms with Crippen molar-refractivity contribution in [2.24, 2.45) is 5.92 Å². The Morgan fingerprint density at radius 1 is 1.09 bits per heavy atom. The Balaban J connectivity index is 1.28. The summed E-state index contributed by atoms with van der Waals surface area (Å²) in [7, 11) is 0. The van der Waals surface area contributed by atoms with Crippen LogP contribution >= 0.6 is 0 Å². The number of hydrogen-bond acceptors (Lipinski definition) is 5. The molecule has 1 aliphatic heterocycles. The zero-order valence-corrected chi connectivity index (χ0v) is 20.5. The van der Waals surface area contributed by atoms with Gasteiger partial charge in [0.25, 0.3) is 5.56 Å². The molecule has 1 N–H and O–H groups in total. The van der Waals surface area contributed by atoms with E-state index in [1.165, 1.54) is 10.2 Å². The highest BCUT2D eigenvalue weighted by Gasteiger charge is 2.26. The SMILES string of the molecule is CCN(CCNC(=O)[C@H]1CCCN(c2cnn(Cc3ccccc3)c(=O)c2)C1)Cc1ccccc1. The van der Waals surface area contributed by atoms with Crippen LogP contribution in [0, 0.1) is 5.92 Å². The van der Waals surface area contributed by atoms with Gasteiger partial charge in [-0.3, -0.25) is 14.5 Å². The second-order valence-electron chi connectivity index (χ2n) is 9.13. The molecule has 1 aliphatic rings. The summed E-state index contributed by atoms with van der Waals surface area (Å²) in [4.78, 5) is 30.0. The first kappa shape index (κ1) is 24.7. The van der Waals surface area contributed by atoms with E-state index in [0.717, 1.165) is 50.3 Å². The van der Waals surface area contributed by atoms with Crippen LogP contribution in [0.2, 0.25) is 0 Å². The Bertz CT molecular complexity index is 1130. The van der Waals surface area contributed by atoms with Gasteiger partial charge in [0, 0.05) is 38.8 Å². The number of carbonyl (C=O) groups is 1. The van der Waals surface area contributed by atoms with Crippen molar-refractivity contribution >= 4 is 11.6 Å². The molecule has 1 saturated heterocycles. The van der Waals surface area contributed by atoms with E-state index in [9.17, 15) is 9.59 Å². The standard InChI is InChI=1S/C28H35N5O2/c1-2-31(20-23-10-5-3-6-11-23)17-15-29-28(35)25-14-9-16-32(22-25)26-18-27(34)33(30-19-26)21-24-12-7-4-8-13-24/h3-8,10-13,18-19,25H,2,9,14-17,20-22H2,1H3,(H,29,35)/t25-/m0/s1. The molecule has 1 amide bonds. The summed E-state index contributed by atoms with van der Waals surface area (Å²) in [5.74, 6) is 0.00976. The molecule has 0 spiro atoms. The lowest BCUT2D eigenvalue weighted by molar-refractivity contribution is -0.125. The number of nitrogens with one attached hydrogen (secondary N) is 1. The maximum absolute atomic E-state index is 12.9. The first-order valence-corrected chi connectivity index (χ1v) is 12.5. The largest absolute Gasteiger partial charge is 0.369 e. The Kier molecular flexibility index (Phi) is 8.68. The molecule has 4 rings (SSSR count). The number of rotatable bonds is 10. The van der Waals surface area contributed by atoms with Crippen LogP contribution in [0.3, 0.4) is 0 Å². The van der Waals surface area contributed by atoms with Crippen LogP contribution in [0.4, 0.5) is 5.69 Å². The van der Waals surface area contributed by atoms with E-state index in [-0.39, 0.29) is 17.4 Å². The monoisotopic (exact) mass is 473 g/mol. The number of likely N-dealkylation sites (N-methyl/N-ethyl adjacent to an activating group) is 1. The fourth-order valence-corrected chi connectivity index (χ4v) is 4.57. The third kappa shape index (κ3) is 7.02. The molecule has 0 saturated carbocycles. The van der Waals surface area contributed by atoms with Crippen LogP contribution < -0.4 is 15.8 Å². The van der Waals surface area contributed by atoms with Gasteiger partial charge >= 0.3 is 0 Å². The Morgan fingerprint density at radius 3 is 2.49 bits per heavy atom. The van der Waals surface area contributed by atoms with Gasteiger partial charge in [0.1, 0.15) is 0 Å². The number of piperidine rings is 1. The van der Waals surface area contributed by atoms with Crippen LogP contribution in [0.5, 0.6) is 0 Å². The van der Waals surface area contributed by atoms with Gasteiger partial charge < -0.3 is 10.2 Å². The maximum Gasteiger partial charge on any atom is 0.269 e. The molecule has 35 heavy (non-hydrogen) atoms. The predicted molar refractivity (Wildman–Crippen MR) is 139 cm³/mol. The van der Waals surface area contributed by atoms with Crippen molar-refractivity contribution in [1.82, 2.24) is 20.0 Å². The molecule has 3 aromatic rings. The second-order valence-corrected chi connectivity index (χ2v) is 9.13. The third-order valence-corrected chi connectivity index (χ3v) is 6.61. The zero-order valence-electron chi connectivity index (χ0n) is 20.5. The normalized spacial score (nSPS) is 15.8. The molecule has 1 atom stereocenters. The maximum atomic E-state index is 12.9. The quantitative estimate of drug-likeness (QED) is 0.490. The van der Waals surface area contributed by atoms with Crippen LogP contribution in [0.25, 0.3) is 0 Å². The van der Waals surface area contributed by atoms with Gasteiger partial charge in [0.15, 0.2) is 0 Å². The summed E-state index contributed by atoms with van der Waals surface area (Å²) in [6.07, 6.45) is 3.52. The van der Waals surface area contributed by atoms with Crippen LogP contribution in [-0.2, 0) is 17.9 Å². The molecule has 1 aromatic heterocycles. The highest BCUT2D eigenvalue weighted by atomic mass is 16.2. The molecule has 1 fully saturated rings. The van der Waals surface area contributed by atoms with Gasteiger partial charge in [-0.15, -0.1) is 0 Å². The topological polar surface area (TPSA) is 70.5 Å². The van der Waals surface area contributed by atoms with Gasteiger partial charge in [-0.1, -0.05) is 67.6 Å². The number of benzene rings is 2. The van der Waals surface area contributed by atoms with Crippen LogP contribution in [0.1, 0.15) is 30.9 Å². The molecule has 0 bridgehead atoms. The smallest absolute Gasteiger partial charge is 0.269 e. The lowest BCUT2D eigenvalue weighted by Crippen LogP contribution is -2.45. The fraction of sp³-hybridized carbons (Fsp3) is 0.393. The van der Waals surface area contributed by atoms with Crippen molar-refractivity contribution in [3.8, 4) is 0 Å². The van der Waals surface area contributed by atoms with Gasteiger partial charge in [-0.2, -0.15) is 5.10 Å². The average molecular weight is 474 g/mol. The van der Waals surface area contributed by atoms with Crippen molar-refractivity contribution in [3.63, 3.8) is 0 Å². The van der Waals surface area contributed by atoms with Gasteiger partial charge in [-0.05, 0) is 30.5 Å². The van der Waals surface area contributed by atoms with E-state index in [4.69, 9.17) is 0 Å². The van der Waals surface area contributed by atoms with Crippen LogP contribution in [0.15, 0.2) is 77.7 Å². The Hall–Kier alpha value is -3.45. The van der Waals surface area contributed by atoms with Crippen molar-refractivity contribution in [2.45, 2.75) is 32.9 Å². The molecule has 0 aliphatic carbocycles. The minimum absolute atomic E-state index is 0.0836. The predicted octanol–water partition coefficient (Wildman–Crippen LogP) is 3.15. The highest BCUT2D eigenvalue weighted by Crippen LogP contribution is 2.22. The summed E-state index contributed by atoms with van der Waals surface area (Å²) in [6.45, 7) is 7.29. The van der Waals surface area contributed by atoms with Gasteiger partial charge in [0.05, 0.1) is 24.3 Å². The van der Waals surface area contributed by atoms with E-state index in [0.29, 0.717) is 19.6 Å². The molecule has 0 radical (unpaired) electrons. The lowest BCUT2D eigenvalue weighted by Gasteiger charge is -2.33. The van der Waals surface area contributed by atoms with E-state index in [1.54, 1.807) is 12.3 Å². The Morgan fingerprint density at radius 2 is 1.80 bits per heavy atom. The van der Waals surface area contributed by atoms with Crippen molar-refractivity contribution in [3.05, 3.63) is 94.4 Å². The summed E-state index contributed by atoms with van der Waals surface area (Å²) < 4.78 is 1.47. The first-order chi connectivity index (χ1) is 17.1. The summed E-state index contributed by atoms with van der Waals surface area (Å²) in [5, 5.41) is 7.52. The van der Waals surface area contributed by atoms with Crippen molar-refractivity contribution < 1.29 is 4.79 Å². The number of aromatic nitrogens is 2. The lowest BCUT2D eigenvalue weighted by atomic mass is 9.97. The number of anilines is 1. The van der Waals surface area contributed by atoms with E-state index in [2.05, 4.69) is 51.4 Å². The summed E-state index contributed by atoms with van der Waals surface area (Å²) >= 11 is 0. The summed E-state index contributed by atoms with van der Waals surface area (Å²) in [6, 6.07) is 21.9. The van der Waals surface area contributed by atoms with Gasteiger partial charge in [0.2, 0.25) is 5.91 Å². The van der Waals surface area contributed by atoms with E-state index < -0.39 is 0 Å². The van der Waals surface area contributed by atoms with Crippen LogP contribution in [-0.4, -0.2) is 53.3 Å².